The number of ether oxygens (including phenoxy) is 1. The summed E-state index contributed by atoms with van der Waals surface area (Å²) < 4.78 is 18.9. The van der Waals surface area contributed by atoms with Crippen LogP contribution in [0.2, 0.25) is 0 Å². The summed E-state index contributed by atoms with van der Waals surface area (Å²) in [5.41, 5.74) is 0.289. The van der Waals surface area contributed by atoms with Crippen LogP contribution < -0.4 is 5.32 Å². The van der Waals surface area contributed by atoms with E-state index < -0.39 is 29.8 Å². The zero-order valence-electron chi connectivity index (χ0n) is 12.3. The summed E-state index contributed by atoms with van der Waals surface area (Å²) in [4.78, 5) is 36.8. The Labute approximate surface area is 126 Å². The Hall–Kier alpha value is -2.70. The van der Waals surface area contributed by atoms with Crippen molar-refractivity contribution < 1.29 is 23.5 Å². The molecule has 3 amide bonds. The van der Waals surface area contributed by atoms with Crippen molar-refractivity contribution in [1.29, 1.82) is 0 Å². The lowest BCUT2D eigenvalue weighted by Crippen LogP contribution is -2.50. The molecule has 0 aromatic heterocycles. The number of methoxy groups -OCH3 is 1. The summed E-state index contributed by atoms with van der Waals surface area (Å²) in [6.07, 6.45) is 0. The first kappa shape index (κ1) is 15.7. The van der Waals surface area contributed by atoms with Gasteiger partial charge in [-0.15, -0.1) is 0 Å². The standard InChI is InChI=1S/C15H15FN2O4/c1-8-12(14(20)22-3)13(10-6-4-5-7-11(10)16)18(9(2)19)15(21)17-8/h4-7,13H,1-3H3,(H,17,21)/t13-/m0/s1. The number of esters is 1. The Kier molecular flexibility index (Phi) is 4.25. The summed E-state index contributed by atoms with van der Waals surface area (Å²) in [5.74, 6) is -1.97. The van der Waals surface area contributed by atoms with E-state index in [9.17, 15) is 18.8 Å². The minimum absolute atomic E-state index is 0.0161. The van der Waals surface area contributed by atoms with E-state index in [0.717, 1.165) is 4.90 Å². The van der Waals surface area contributed by atoms with E-state index in [1.807, 2.05) is 0 Å². The first-order valence-corrected chi connectivity index (χ1v) is 6.52. The third-order valence-electron chi connectivity index (χ3n) is 3.39. The summed E-state index contributed by atoms with van der Waals surface area (Å²) in [6, 6.07) is 3.78. The number of hydrogen-bond donors (Lipinski definition) is 1. The minimum atomic E-state index is -1.17. The van der Waals surface area contributed by atoms with Crippen LogP contribution >= 0.6 is 0 Å². The topological polar surface area (TPSA) is 75.7 Å². The van der Waals surface area contributed by atoms with Gasteiger partial charge in [-0.1, -0.05) is 18.2 Å². The van der Waals surface area contributed by atoms with Crippen molar-refractivity contribution in [2.45, 2.75) is 19.9 Å². The summed E-state index contributed by atoms with van der Waals surface area (Å²) >= 11 is 0. The second-order valence-electron chi connectivity index (χ2n) is 4.77. The Bertz CT molecular complexity index is 684. The number of halogens is 1. The van der Waals surface area contributed by atoms with Gasteiger partial charge >= 0.3 is 12.0 Å². The largest absolute Gasteiger partial charge is 0.466 e. The predicted octanol–water partition coefficient (Wildman–Crippen LogP) is 1.89. The molecular weight excluding hydrogens is 291 g/mol. The van der Waals surface area contributed by atoms with Gasteiger partial charge in [-0.05, 0) is 13.0 Å². The molecule has 0 bridgehead atoms. The van der Waals surface area contributed by atoms with Crippen molar-refractivity contribution in [1.82, 2.24) is 10.2 Å². The van der Waals surface area contributed by atoms with E-state index in [2.05, 4.69) is 5.32 Å². The van der Waals surface area contributed by atoms with E-state index in [-0.39, 0.29) is 16.8 Å². The predicted molar refractivity (Wildman–Crippen MR) is 74.9 cm³/mol. The number of nitrogens with one attached hydrogen (secondary N) is 1. The van der Waals surface area contributed by atoms with Gasteiger partial charge < -0.3 is 10.1 Å². The van der Waals surface area contributed by atoms with Crippen LogP contribution in [-0.2, 0) is 14.3 Å². The Balaban J connectivity index is 2.71. The molecule has 0 spiro atoms. The van der Waals surface area contributed by atoms with Gasteiger partial charge in [0.2, 0.25) is 5.91 Å². The second kappa shape index (κ2) is 5.97. The molecule has 0 aliphatic carbocycles. The molecule has 1 N–H and O–H groups in total. The maximum atomic E-state index is 14.2. The maximum absolute atomic E-state index is 14.2. The lowest BCUT2D eigenvalue weighted by Gasteiger charge is -2.35. The molecule has 116 valence electrons. The van der Waals surface area contributed by atoms with Crippen molar-refractivity contribution >= 4 is 17.9 Å². The number of benzene rings is 1. The molecule has 0 saturated heterocycles. The van der Waals surface area contributed by atoms with E-state index >= 15 is 0 Å². The molecule has 0 saturated carbocycles. The van der Waals surface area contributed by atoms with Gasteiger partial charge in [-0.3, -0.25) is 9.69 Å². The van der Waals surface area contributed by atoms with Gasteiger partial charge in [0.1, 0.15) is 11.9 Å². The molecule has 0 fully saturated rings. The van der Waals surface area contributed by atoms with Gasteiger partial charge in [0.25, 0.3) is 0 Å². The van der Waals surface area contributed by atoms with Crippen LogP contribution in [0.4, 0.5) is 9.18 Å². The molecule has 1 aromatic carbocycles. The first-order chi connectivity index (χ1) is 10.4. The molecule has 7 heteroatoms. The van der Waals surface area contributed by atoms with Gasteiger partial charge in [0.05, 0.1) is 12.7 Å². The fourth-order valence-electron chi connectivity index (χ4n) is 2.43. The van der Waals surface area contributed by atoms with Crippen LogP contribution in [0, 0.1) is 5.82 Å². The van der Waals surface area contributed by atoms with E-state index in [1.54, 1.807) is 6.07 Å². The fourth-order valence-corrected chi connectivity index (χ4v) is 2.43. The zero-order chi connectivity index (χ0) is 16.4. The highest BCUT2D eigenvalue weighted by Crippen LogP contribution is 2.35. The monoisotopic (exact) mass is 306 g/mol. The average molecular weight is 306 g/mol. The highest BCUT2D eigenvalue weighted by Gasteiger charge is 2.41. The van der Waals surface area contributed by atoms with Crippen molar-refractivity contribution in [2.75, 3.05) is 7.11 Å². The average Bonchev–Trinajstić information content (AvgIpc) is 2.45. The third kappa shape index (κ3) is 2.57. The van der Waals surface area contributed by atoms with E-state index in [4.69, 9.17) is 4.74 Å². The van der Waals surface area contributed by atoms with Gasteiger partial charge in [-0.2, -0.15) is 0 Å². The maximum Gasteiger partial charge on any atom is 0.337 e. The molecule has 6 nitrogen and oxygen atoms in total. The molecule has 0 radical (unpaired) electrons. The second-order valence-corrected chi connectivity index (χ2v) is 4.77. The molecule has 1 aliphatic heterocycles. The Morgan fingerprint density at radius 2 is 1.95 bits per heavy atom. The van der Waals surface area contributed by atoms with Crippen molar-refractivity contribution in [2.24, 2.45) is 0 Å². The third-order valence-corrected chi connectivity index (χ3v) is 3.39. The van der Waals surface area contributed by atoms with E-state index in [0.29, 0.717) is 0 Å². The van der Waals surface area contributed by atoms with E-state index in [1.165, 1.54) is 39.2 Å². The smallest absolute Gasteiger partial charge is 0.337 e. The zero-order valence-corrected chi connectivity index (χ0v) is 12.3. The number of hydrogen-bond acceptors (Lipinski definition) is 4. The number of carbonyl (C=O) groups excluding carboxylic acids is 3. The van der Waals surface area contributed by atoms with Crippen LogP contribution in [0.3, 0.4) is 0 Å². The fraction of sp³-hybridized carbons (Fsp3) is 0.267. The molecule has 0 unspecified atom stereocenters. The number of imide groups is 1. The van der Waals surface area contributed by atoms with Crippen LogP contribution in [0.25, 0.3) is 0 Å². The number of urea groups is 1. The molecular formula is C15H15FN2O4. The highest BCUT2D eigenvalue weighted by molar-refractivity contribution is 6.01. The number of carbonyl (C=O) groups is 3. The molecule has 1 atom stereocenters. The minimum Gasteiger partial charge on any atom is -0.466 e. The highest BCUT2D eigenvalue weighted by atomic mass is 19.1. The van der Waals surface area contributed by atoms with Crippen LogP contribution in [0.1, 0.15) is 25.5 Å². The molecule has 1 aromatic rings. The van der Waals surface area contributed by atoms with Crippen LogP contribution in [0.5, 0.6) is 0 Å². The Morgan fingerprint density at radius 3 is 2.50 bits per heavy atom. The first-order valence-electron chi connectivity index (χ1n) is 6.52. The summed E-state index contributed by atoms with van der Waals surface area (Å²) in [5, 5.41) is 2.42. The number of nitrogens with zero attached hydrogens (tertiary/aromatic N) is 1. The Morgan fingerprint density at radius 1 is 1.32 bits per heavy atom. The number of rotatable bonds is 2. The summed E-state index contributed by atoms with van der Waals surface area (Å²) in [7, 11) is 1.18. The summed E-state index contributed by atoms with van der Waals surface area (Å²) in [6.45, 7) is 2.67. The number of amides is 3. The van der Waals surface area contributed by atoms with Crippen molar-refractivity contribution in [3.05, 3.63) is 46.9 Å². The normalized spacial score (nSPS) is 18.1. The quantitative estimate of drug-likeness (QED) is 0.847. The lowest BCUT2D eigenvalue weighted by molar-refractivity contribution is -0.137. The molecule has 1 aliphatic rings. The lowest BCUT2D eigenvalue weighted by atomic mass is 9.93. The SMILES string of the molecule is COC(=O)C1=C(C)NC(=O)N(C(C)=O)[C@H]1c1ccccc1F. The van der Waals surface area contributed by atoms with Gasteiger partial charge in [0, 0.05) is 18.2 Å². The molecule has 1 heterocycles. The number of allylic oxidation sites excluding steroid dienone is 1. The molecule has 22 heavy (non-hydrogen) atoms. The van der Waals surface area contributed by atoms with Crippen LogP contribution in [-0.4, -0.2) is 29.9 Å². The van der Waals surface area contributed by atoms with Gasteiger partial charge in [-0.25, -0.2) is 14.0 Å². The van der Waals surface area contributed by atoms with Gasteiger partial charge in [0.15, 0.2) is 0 Å². The van der Waals surface area contributed by atoms with Crippen molar-refractivity contribution in [3.63, 3.8) is 0 Å². The van der Waals surface area contributed by atoms with Crippen molar-refractivity contribution in [3.8, 4) is 0 Å². The van der Waals surface area contributed by atoms with Crippen LogP contribution in [0.15, 0.2) is 35.5 Å². The molecule has 2 rings (SSSR count).